The standard InChI is InChI=1S/C22H30O2Si/c1-18-15-19(23-16-18)17-24-25(22(2,3)4,20-11-7-5-8-12-20)21-13-9-6-10-14-21/h5-14,18-19H,15-17H2,1-4H3/t18-,19-/m0/s1. The van der Waals surface area contributed by atoms with Crippen LogP contribution < -0.4 is 10.4 Å². The fourth-order valence-corrected chi connectivity index (χ4v) is 8.57. The lowest BCUT2D eigenvalue weighted by molar-refractivity contribution is 0.0628. The van der Waals surface area contributed by atoms with E-state index in [2.05, 4.69) is 88.4 Å². The smallest absolute Gasteiger partial charge is 0.261 e. The van der Waals surface area contributed by atoms with Crippen molar-refractivity contribution < 1.29 is 9.16 Å². The third-order valence-corrected chi connectivity index (χ3v) is 10.2. The largest absolute Gasteiger partial charge is 0.405 e. The van der Waals surface area contributed by atoms with E-state index in [1.54, 1.807) is 0 Å². The van der Waals surface area contributed by atoms with Gasteiger partial charge in [0.05, 0.1) is 12.7 Å². The minimum Gasteiger partial charge on any atom is -0.405 e. The zero-order chi connectivity index (χ0) is 17.9. The zero-order valence-electron chi connectivity index (χ0n) is 15.9. The summed E-state index contributed by atoms with van der Waals surface area (Å²) in [7, 11) is -2.42. The van der Waals surface area contributed by atoms with Gasteiger partial charge < -0.3 is 9.16 Å². The molecule has 2 atom stereocenters. The van der Waals surface area contributed by atoms with Crippen LogP contribution in [0, 0.1) is 5.92 Å². The number of hydrogen-bond acceptors (Lipinski definition) is 2. The lowest BCUT2D eigenvalue weighted by Crippen LogP contribution is -2.67. The Morgan fingerprint density at radius 3 is 1.88 bits per heavy atom. The van der Waals surface area contributed by atoms with Crippen molar-refractivity contribution in [1.29, 1.82) is 0 Å². The Bertz CT molecular complexity index is 624. The Hall–Kier alpha value is -1.42. The lowest BCUT2D eigenvalue weighted by atomic mass is 10.1. The second-order valence-corrected chi connectivity index (χ2v) is 12.6. The van der Waals surface area contributed by atoms with Crippen LogP contribution in [0.15, 0.2) is 60.7 Å². The van der Waals surface area contributed by atoms with Gasteiger partial charge in [0, 0.05) is 6.61 Å². The van der Waals surface area contributed by atoms with Crippen molar-refractivity contribution >= 4 is 18.7 Å². The van der Waals surface area contributed by atoms with Crippen molar-refractivity contribution in [3.8, 4) is 0 Å². The van der Waals surface area contributed by atoms with Crippen molar-refractivity contribution in [3.63, 3.8) is 0 Å². The third kappa shape index (κ3) is 3.74. The van der Waals surface area contributed by atoms with Crippen molar-refractivity contribution in [2.45, 2.75) is 45.3 Å². The molecule has 0 N–H and O–H groups in total. The molecule has 2 nitrogen and oxygen atoms in total. The highest BCUT2D eigenvalue weighted by molar-refractivity contribution is 6.99. The highest BCUT2D eigenvalue weighted by Gasteiger charge is 2.50. The molecule has 1 fully saturated rings. The Morgan fingerprint density at radius 1 is 0.960 bits per heavy atom. The van der Waals surface area contributed by atoms with Gasteiger partial charge in [-0.05, 0) is 27.8 Å². The summed E-state index contributed by atoms with van der Waals surface area (Å²) in [5.41, 5.74) is 0. The second kappa shape index (κ2) is 7.44. The Balaban J connectivity index is 2.02. The maximum atomic E-state index is 6.91. The van der Waals surface area contributed by atoms with Gasteiger partial charge in [-0.2, -0.15) is 0 Å². The van der Waals surface area contributed by atoms with Crippen LogP contribution in [0.4, 0.5) is 0 Å². The van der Waals surface area contributed by atoms with E-state index in [0.29, 0.717) is 12.5 Å². The summed E-state index contributed by atoms with van der Waals surface area (Å²) in [6.45, 7) is 10.7. The fraction of sp³-hybridized carbons (Fsp3) is 0.455. The highest BCUT2D eigenvalue weighted by atomic mass is 28.4. The second-order valence-electron chi connectivity index (χ2n) is 8.27. The van der Waals surface area contributed by atoms with E-state index in [9.17, 15) is 0 Å². The lowest BCUT2D eigenvalue weighted by Gasteiger charge is -2.43. The van der Waals surface area contributed by atoms with Crippen LogP contribution in [0.3, 0.4) is 0 Å². The molecule has 1 heterocycles. The number of ether oxygens (including phenoxy) is 1. The molecule has 2 aromatic carbocycles. The summed E-state index contributed by atoms with van der Waals surface area (Å²) in [6.07, 6.45) is 1.31. The van der Waals surface area contributed by atoms with Crippen LogP contribution in [-0.2, 0) is 9.16 Å². The van der Waals surface area contributed by atoms with Crippen LogP contribution >= 0.6 is 0 Å². The predicted octanol–water partition coefficient (Wildman–Crippen LogP) is 3.99. The predicted molar refractivity (Wildman–Crippen MR) is 107 cm³/mol. The summed E-state index contributed by atoms with van der Waals surface area (Å²) >= 11 is 0. The molecule has 1 aliphatic rings. The molecule has 0 saturated carbocycles. The first-order valence-electron chi connectivity index (χ1n) is 9.30. The van der Waals surface area contributed by atoms with E-state index in [-0.39, 0.29) is 11.1 Å². The minimum absolute atomic E-state index is 0.0277. The van der Waals surface area contributed by atoms with Gasteiger partial charge in [0.25, 0.3) is 8.32 Å². The molecule has 134 valence electrons. The average Bonchev–Trinajstić information content (AvgIpc) is 3.02. The number of hydrogen-bond donors (Lipinski definition) is 0. The van der Waals surface area contributed by atoms with Gasteiger partial charge >= 0.3 is 0 Å². The topological polar surface area (TPSA) is 18.5 Å². The quantitative estimate of drug-likeness (QED) is 0.756. The zero-order valence-corrected chi connectivity index (χ0v) is 16.9. The van der Waals surface area contributed by atoms with Gasteiger partial charge in [0.2, 0.25) is 0 Å². The molecule has 0 amide bonds. The third-order valence-electron chi connectivity index (χ3n) is 5.18. The Morgan fingerprint density at radius 2 is 1.48 bits per heavy atom. The molecule has 2 aromatic rings. The van der Waals surface area contributed by atoms with Gasteiger partial charge in [0.1, 0.15) is 0 Å². The van der Waals surface area contributed by atoms with Gasteiger partial charge in [-0.25, -0.2) is 0 Å². The summed E-state index contributed by atoms with van der Waals surface area (Å²) in [5.74, 6) is 0.632. The van der Waals surface area contributed by atoms with Crippen LogP contribution in [0.5, 0.6) is 0 Å². The number of rotatable bonds is 5. The summed E-state index contributed by atoms with van der Waals surface area (Å²) < 4.78 is 12.9. The van der Waals surface area contributed by atoms with Crippen molar-refractivity contribution in [1.82, 2.24) is 0 Å². The van der Waals surface area contributed by atoms with Crippen molar-refractivity contribution in [2.24, 2.45) is 5.92 Å². The van der Waals surface area contributed by atoms with E-state index in [0.717, 1.165) is 13.0 Å². The minimum atomic E-state index is -2.42. The first-order valence-corrected chi connectivity index (χ1v) is 11.2. The van der Waals surface area contributed by atoms with E-state index < -0.39 is 8.32 Å². The van der Waals surface area contributed by atoms with E-state index in [1.807, 2.05) is 0 Å². The highest BCUT2D eigenvalue weighted by Crippen LogP contribution is 2.37. The Labute approximate surface area is 153 Å². The normalized spacial score (nSPS) is 21.4. The summed E-state index contributed by atoms with van der Waals surface area (Å²) in [4.78, 5) is 0. The SMILES string of the molecule is C[C@@H]1CO[C@H](CO[Si](c2ccccc2)(c2ccccc2)C(C)(C)C)C1. The van der Waals surface area contributed by atoms with E-state index in [4.69, 9.17) is 9.16 Å². The Kier molecular flexibility index (Phi) is 5.47. The molecule has 0 aromatic heterocycles. The molecule has 0 aliphatic carbocycles. The van der Waals surface area contributed by atoms with Gasteiger partial charge in [0.15, 0.2) is 0 Å². The number of benzene rings is 2. The molecule has 0 unspecified atom stereocenters. The molecule has 0 spiro atoms. The summed E-state index contributed by atoms with van der Waals surface area (Å²) in [5, 5.41) is 2.69. The van der Waals surface area contributed by atoms with Crippen LogP contribution in [0.2, 0.25) is 5.04 Å². The molecule has 1 aliphatic heterocycles. The average molecular weight is 355 g/mol. The maximum absolute atomic E-state index is 6.91. The molecular weight excluding hydrogens is 324 g/mol. The molecule has 0 radical (unpaired) electrons. The molecule has 1 saturated heterocycles. The van der Waals surface area contributed by atoms with Crippen LogP contribution in [0.1, 0.15) is 34.1 Å². The van der Waals surface area contributed by atoms with Crippen LogP contribution in [-0.4, -0.2) is 27.6 Å². The van der Waals surface area contributed by atoms with Crippen LogP contribution in [0.25, 0.3) is 0 Å². The monoisotopic (exact) mass is 354 g/mol. The molecule has 3 rings (SSSR count). The van der Waals surface area contributed by atoms with Gasteiger partial charge in [-0.15, -0.1) is 0 Å². The molecule has 25 heavy (non-hydrogen) atoms. The first-order chi connectivity index (χ1) is 11.9. The van der Waals surface area contributed by atoms with Crippen molar-refractivity contribution in [3.05, 3.63) is 60.7 Å². The van der Waals surface area contributed by atoms with Gasteiger partial charge in [-0.1, -0.05) is 88.4 Å². The van der Waals surface area contributed by atoms with Gasteiger partial charge in [-0.3, -0.25) is 0 Å². The van der Waals surface area contributed by atoms with Crippen molar-refractivity contribution in [2.75, 3.05) is 13.2 Å². The molecular formula is C22H30O2Si. The fourth-order valence-electron chi connectivity index (χ4n) is 3.98. The first kappa shape index (κ1) is 18.4. The van der Waals surface area contributed by atoms with E-state index in [1.165, 1.54) is 10.4 Å². The van der Waals surface area contributed by atoms with E-state index >= 15 is 0 Å². The summed E-state index contributed by atoms with van der Waals surface area (Å²) in [6, 6.07) is 21.6. The maximum Gasteiger partial charge on any atom is 0.261 e. The molecule has 3 heteroatoms. The molecule has 0 bridgehead atoms.